The number of amides is 1. The van der Waals surface area contributed by atoms with Crippen LogP contribution in [0.4, 0.5) is 0 Å². The van der Waals surface area contributed by atoms with Gasteiger partial charge in [0.05, 0.1) is 5.02 Å². The number of piperidine rings is 1. The SMILES string of the molecule is Cc1[nH]c(=O)c(C(=O)N2CCC(c3nccn3C)CC2)c(C)c1Cl. The van der Waals surface area contributed by atoms with Crippen LogP contribution in [0.3, 0.4) is 0 Å². The second-order valence-electron chi connectivity index (χ2n) is 6.36. The van der Waals surface area contributed by atoms with E-state index >= 15 is 0 Å². The molecule has 3 heterocycles. The molecule has 0 aromatic carbocycles. The summed E-state index contributed by atoms with van der Waals surface area (Å²) in [4.78, 5) is 33.8. The zero-order valence-corrected chi connectivity index (χ0v) is 14.9. The van der Waals surface area contributed by atoms with Gasteiger partial charge < -0.3 is 14.5 Å². The molecule has 0 spiro atoms. The summed E-state index contributed by atoms with van der Waals surface area (Å²) >= 11 is 6.19. The van der Waals surface area contributed by atoms with E-state index in [1.165, 1.54) is 0 Å². The molecule has 1 aliphatic heterocycles. The van der Waals surface area contributed by atoms with E-state index in [9.17, 15) is 9.59 Å². The maximum atomic E-state index is 12.8. The third-order valence-electron chi connectivity index (χ3n) is 4.78. The lowest BCUT2D eigenvalue weighted by molar-refractivity contribution is 0.0708. The van der Waals surface area contributed by atoms with E-state index in [-0.39, 0.29) is 17.0 Å². The summed E-state index contributed by atoms with van der Waals surface area (Å²) in [5.41, 5.74) is 0.921. The maximum Gasteiger partial charge on any atom is 0.261 e. The summed E-state index contributed by atoms with van der Waals surface area (Å²) in [5.74, 6) is 1.15. The number of likely N-dealkylation sites (tertiary alicyclic amines) is 1. The van der Waals surface area contributed by atoms with Crippen molar-refractivity contribution in [1.29, 1.82) is 0 Å². The molecule has 0 atom stereocenters. The van der Waals surface area contributed by atoms with Crippen LogP contribution >= 0.6 is 11.6 Å². The lowest BCUT2D eigenvalue weighted by Gasteiger charge is -2.32. The van der Waals surface area contributed by atoms with Gasteiger partial charge in [0.1, 0.15) is 11.4 Å². The minimum Gasteiger partial charge on any atom is -0.338 e. The molecule has 1 saturated heterocycles. The van der Waals surface area contributed by atoms with Gasteiger partial charge >= 0.3 is 0 Å². The Balaban J connectivity index is 1.78. The maximum absolute atomic E-state index is 12.8. The molecular weight excluding hydrogens is 328 g/mol. The van der Waals surface area contributed by atoms with Gasteiger partial charge in [0.25, 0.3) is 11.5 Å². The molecule has 0 saturated carbocycles. The van der Waals surface area contributed by atoms with E-state index in [2.05, 4.69) is 9.97 Å². The number of aromatic nitrogens is 3. The lowest BCUT2D eigenvalue weighted by atomic mass is 9.95. The molecule has 128 valence electrons. The van der Waals surface area contributed by atoms with Crippen LogP contribution in [0, 0.1) is 13.8 Å². The highest BCUT2D eigenvalue weighted by atomic mass is 35.5. The predicted octanol–water partition coefficient (Wildman–Crippen LogP) is 2.40. The van der Waals surface area contributed by atoms with Gasteiger partial charge in [0.2, 0.25) is 0 Å². The Kier molecular flexibility index (Phi) is 4.49. The number of rotatable bonds is 2. The first-order valence-corrected chi connectivity index (χ1v) is 8.43. The van der Waals surface area contributed by atoms with E-state index in [0.29, 0.717) is 35.3 Å². The first-order valence-electron chi connectivity index (χ1n) is 8.05. The molecule has 0 aliphatic carbocycles. The van der Waals surface area contributed by atoms with Gasteiger partial charge in [0.15, 0.2) is 0 Å². The first kappa shape index (κ1) is 16.8. The van der Waals surface area contributed by atoms with Crippen molar-refractivity contribution in [1.82, 2.24) is 19.4 Å². The van der Waals surface area contributed by atoms with Crippen molar-refractivity contribution in [2.24, 2.45) is 7.05 Å². The van der Waals surface area contributed by atoms with Gasteiger partial charge in [-0.25, -0.2) is 4.98 Å². The van der Waals surface area contributed by atoms with Crippen molar-refractivity contribution in [3.05, 3.63) is 50.4 Å². The molecule has 1 N–H and O–H groups in total. The monoisotopic (exact) mass is 348 g/mol. The number of pyridine rings is 1. The van der Waals surface area contributed by atoms with Crippen LogP contribution in [0.15, 0.2) is 17.2 Å². The fourth-order valence-corrected chi connectivity index (χ4v) is 3.52. The Hall–Kier alpha value is -2.08. The third-order valence-corrected chi connectivity index (χ3v) is 5.35. The van der Waals surface area contributed by atoms with Gasteiger partial charge in [-0.2, -0.15) is 0 Å². The number of imidazole rings is 1. The van der Waals surface area contributed by atoms with Gasteiger partial charge in [0, 0.05) is 44.1 Å². The van der Waals surface area contributed by atoms with Crippen LogP contribution < -0.4 is 5.56 Å². The number of aromatic amines is 1. The van der Waals surface area contributed by atoms with Crippen molar-refractivity contribution in [2.45, 2.75) is 32.6 Å². The van der Waals surface area contributed by atoms with E-state index < -0.39 is 0 Å². The summed E-state index contributed by atoms with van der Waals surface area (Å²) in [6.07, 6.45) is 5.41. The number of carbonyl (C=O) groups is 1. The van der Waals surface area contributed by atoms with Crippen LogP contribution in [0.2, 0.25) is 5.02 Å². The molecular formula is C17H21ClN4O2. The van der Waals surface area contributed by atoms with Crippen LogP contribution in [-0.2, 0) is 7.05 Å². The highest BCUT2D eigenvalue weighted by molar-refractivity contribution is 6.32. The van der Waals surface area contributed by atoms with Crippen LogP contribution in [0.5, 0.6) is 0 Å². The number of carbonyl (C=O) groups excluding carboxylic acids is 1. The lowest BCUT2D eigenvalue weighted by Crippen LogP contribution is -2.41. The molecule has 0 radical (unpaired) electrons. The van der Waals surface area contributed by atoms with Crippen LogP contribution in [-0.4, -0.2) is 38.4 Å². The molecule has 7 heteroatoms. The van der Waals surface area contributed by atoms with E-state index in [0.717, 1.165) is 18.7 Å². The minimum atomic E-state index is -0.370. The summed E-state index contributed by atoms with van der Waals surface area (Å²) < 4.78 is 2.02. The van der Waals surface area contributed by atoms with Crippen molar-refractivity contribution < 1.29 is 4.79 Å². The first-order chi connectivity index (χ1) is 11.4. The van der Waals surface area contributed by atoms with Gasteiger partial charge in [-0.15, -0.1) is 0 Å². The Morgan fingerprint density at radius 1 is 1.33 bits per heavy atom. The summed E-state index contributed by atoms with van der Waals surface area (Å²) in [6.45, 7) is 4.67. The third kappa shape index (κ3) is 2.86. The zero-order valence-electron chi connectivity index (χ0n) is 14.1. The largest absolute Gasteiger partial charge is 0.338 e. The Labute approximate surface area is 145 Å². The molecule has 24 heavy (non-hydrogen) atoms. The number of H-pyrrole nitrogens is 1. The molecule has 3 rings (SSSR count). The number of aryl methyl sites for hydroxylation is 2. The summed E-state index contributed by atoms with van der Waals surface area (Å²) in [7, 11) is 1.98. The van der Waals surface area contributed by atoms with Crippen LogP contribution in [0.1, 0.15) is 46.2 Å². The predicted molar refractivity (Wildman–Crippen MR) is 92.6 cm³/mol. The van der Waals surface area contributed by atoms with E-state index in [4.69, 9.17) is 11.6 Å². The molecule has 2 aromatic heterocycles. The highest BCUT2D eigenvalue weighted by Crippen LogP contribution is 2.28. The summed E-state index contributed by atoms with van der Waals surface area (Å²) in [6, 6.07) is 0. The second kappa shape index (κ2) is 6.43. The Bertz CT molecular complexity index is 832. The molecule has 1 amide bonds. The molecule has 0 bridgehead atoms. The number of hydrogen-bond donors (Lipinski definition) is 1. The number of hydrogen-bond acceptors (Lipinski definition) is 3. The van der Waals surface area contributed by atoms with Gasteiger partial charge in [-0.3, -0.25) is 9.59 Å². The quantitative estimate of drug-likeness (QED) is 0.905. The minimum absolute atomic E-state index is 0.154. The topological polar surface area (TPSA) is 71.0 Å². The van der Waals surface area contributed by atoms with Crippen molar-refractivity contribution in [3.8, 4) is 0 Å². The van der Waals surface area contributed by atoms with Crippen LogP contribution in [0.25, 0.3) is 0 Å². The van der Waals surface area contributed by atoms with Gasteiger partial charge in [-0.05, 0) is 32.3 Å². The number of nitrogens with zero attached hydrogens (tertiary/aromatic N) is 3. The van der Waals surface area contributed by atoms with Crippen molar-refractivity contribution in [2.75, 3.05) is 13.1 Å². The van der Waals surface area contributed by atoms with Gasteiger partial charge in [-0.1, -0.05) is 11.6 Å². The molecule has 6 nitrogen and oxygen atoms in total. The fourth-order valence-electron chi connectivity index (χ4n) is 3.38. The smallest absolute Gasteiger partial charge is 0.261 e. The zero-order chi connectivity index (χ0) is 17.4. The number of nitrogens with one attached hydrogen (secondary N) is 1. The van der Waals surface area contributed by atoms with E-state index in [1.54, 1.807) is 24.9 Å². The molecule has 2 aromatic rings. The Morgan fingerprint density at radius 2 is 2.00 bits per heavy atom. The normalized spacial score (nSPS) is 15.8. The molecule has 1 fully saturated rings. The standard InChI is InChI=1S/C17H21ClN4O2/c1-10-13(16(23)20-11(2)14(10)18)17(24)22-7-4-12(5-8-22)15-19-6-9-21(15)3/h6,9,12H,4-5,7-8H2,1-3H3,(H,20,23). The number of halogens is 1. The fraction of sp³-hybridized carbons (Fsp3) is 0.471. The molecule has 0 unspecified atom stereocenters. The van der Waals surface area contributed by atoms with Crippen molar-refractivity contribution in [3.63, 3.8) is 0 Å². The van der Waals surface area contributed by atoms with E-state index in [1.807, 2.05) is 17.8 Å². The Morgan fingerprint density at radius 3 is 2.58 bits per heavy atom. The molecule has 1 aliphatic rings. The second-order valence-corrected chi connectivity index (χ2v) is 6.73. The highest BCUT2D eigenvalue weighted by Gasteiger charge is 2.29. The average Bonchev–Trinajstić information content (AvgIpc) is 2.99. The average molecular weight is 349 g/mol. The summed E-state index contributed by atoms with van der Waals surface area (Å²) in [5, 5.41) is 0.445. The van der Waals surface area contributed by atoms with Crippen molar-refractivity contribution >= 4 is 17.5 Å².